The normalized spacial score (nSPS) is 11.3. The van der Waals surface area contributed by atoms with Crippen LogP contribution in [0.4, 0.5) is 11.4 Å². The van der Waals surface area contributed by atoms with E-state index in [0.29, 0.717) is 5.92 Å². The molecule has 0 amide bonds. The van der Waals surface area contributed by atoms with Gasteiger partial charge in [0, 0.05) is 25.0 Å². The molecular weight excluding hydrogens is 328 g/mol. The van der Waals surface area contributed by atoms with E-state index in [0.717, 1.165) is 24.3 Å². The van der Waals surface area contributed by atoms with Crippen LogP contribution >= 0.6 is 0 Å². The maximum absolute atomic E-state index is 4.60. The van der Waals surface area contributed by atoms with Crippen molar-refractivity contribution in [3.8, 4) is 0 Å². The van der Waals surface area contributed by atoms with E-state index in [2.05, 4.69) is 110 Å². The number of nitrogens with zero attached hydrogens (tertiary/aromatic N) is 2. The Morgan fingerprint density at radius 3 is 2.11 bits per heavy atom. The summed E-state index contributed by atoms with van der Waals surface area (Å²) in [6.07, 6.45) is 1.93. The largest absolute Gasteiger partial charge is 0.367 e. The molecule has 3 aromatic carbocycles. The molecule has 0 radical (unpaired) electrons. The molecule has 0 atom stereocenters. The molecule has 3 aromatic rings. The molecule has 2 nitrogen and oxygen atoms in total. The number of rotatable bonds is 7. The van der Waals surface area contributed by atoms with Crippen molar-refractivity contribution in [3.05, 3.63) is 95.6 Å². The van der Waals surface area contributed by atoms with Crippen LogP contribution in [0, 0.1) is 0 Å². The van der Waals surface area contributed by atoms with Gasteiger partial charge < -0.3 is 4.90 Å². The molecule has 0 fully saturated rings. The quantitative estimate of drug-likeness (QED) is 0.436. The van der Waals surface area contributed by atoms with Gasteiger partial charge in [-0.05, 0) is 53.8 Å². The first-order valence-corrected chi connectivity index (χ1v) is 9.68. The molecule has 27 heavy (non-hydrogen) atoms. The summed E-state index contributed by atoms with van der Waals surface area (Å²) in [6, 6.07) is 27.7. The Labute approximate surface area is 163 Å². The number of benzene rings is 3. The van der Waals surface area contributed by atoms with E-state index in [1.54, 1.807) is 0 Å². The second kappa shape index (κ2) is 9.18. The summed E-state index contributed by atoms with van der Waals surface area (Å²) in [5.74, 6) is 0.549. The first-order chi connectivity index (χ1) is 13.2. The molecule has 0 unspecified atom stereocenters. The Kier molecular flexibility index (Phi) is 6.43. The minimum absolute atomic E-state index is 0.549. The lowest BCUT2D eigenvalue weighted by Gasteiger charge is -2.23. The second-order valence-corrected chi connectivity index (χ2v) is 7.10. The molecule has 0 saturated carbocycles. The monoisotopic (exact) mass is 356 g/mol. The molecule has 0 aliphatic carbocycles. The number of aliphatic imine (C=N–C) groups is 1. The Hall–Kier alpha value is -2.87. The van der Waals surface area contributed by atoms with Crippen LogP contribution < -0.4 is 4.90 Å². The van der Waals surface area contributed by atoms with E-state index >= 15 is 0 Å². The molecule has 2 heteroatoms. The van der Waals surface area contributed by atoms with Crippen LogP contribution in [0.1, 0.15) is 43.4 Å². The third-order valence-corrected chi connectivity index (χ3v) is 4.78. The van der Waals surface area contributed by atoms with Gasteiger partial charge in [-0.15, -0.1) is 0 Å². The average Bonchev–Trinajstić information content (AvgIpc) is 2.72. The fourth-order valence-electron chi connectivity index (χ4n) is 3.06. The summed E-state index contributed by atoms with van der Waals surface area (Å²) in [5.41, 5.74) is 6.01. The van der Waals surface area contributed by atoms with Gasteiger partial charge in [0.2, 0.25) is 0 Å². The van der Waals surface area contributed by atoms with Gasteiger partial charge in [0.05, 0.1) is 5.69 Å². The zero-order valence-electron chi connectivity index (χ0n) is 16.5. The molecule has 138 valence electrons. The van der Waals surface area contributed by atoms with Crippen molar-refractivity contribution in [3.63, 3.8) is 0 Å². The van der Waals surface area contributed by atoms with Crippen molar-refractivity contribution in [1.29, 1.82) is 0 Å². The van der Waals surface area contributed by atoms with Gasteiger partial charge in [0.25, 0.3) is 0 Å². The highest BCUT2D eigenvalue weighted by molar-refractivity contribution is 5.82. The molecule has 0 aliphatic heterocycles. The lowest BCUT2D eigenvalue weighted by Crippen LogP contribution is -2.21. The Bertz CT molecular complexity index is 847. The number of hydrogen-bond acceptors (Lipinski definition) is 2. The minimum atomic E-state index is 0.549. The van der Waals surface area contributed by atoms with Crippen LogP contribution in [-0.2, 0) is 6.54 Å². The fraction of sp³-hybridized carbons (Fsp3) is 0.240. The van der Waals surface area contributed by atoms with Gasteiger partial charge in [-0.25, -0.2) is 0 Å². The SMILES string of the molecule is CCN(Cc1ccccc1)c1ccc(C=Nc2ccc(C(C)C)cc2)cc1. The highest BCUT2D eigenvalue weighted by Gasteiger charge is 2.05. The first kappa shape index (κ1) is 18.9. The van der Waals surface area contributed by atoms with Crippen LogP contribution in [0.3, 0.4) is 0 Å². The van der Waals surface area contributed by atoms with Crippen LogP contribution in [-0.4, -0.2) is 12.8 Å². The lowest BCUT2D eigenvalue weighted by atomic mass is 10.0. The summed E-state index contributed by atoms with van der Waals surface area (Å²) >= 11 is 0. The van der Waals surface area contributed by atoms with Gasteiger partial charge in [-0.3, -0.25) is 4.99 Å². The third-order valence-electron chi connectivity index (χ3n) is 4.78. The summed E-state index contributed by atoms with van der Waals surface area (Å²) < 4.78 is 0. The van der Waals surface area contributed by atoms with Crippen molar-refractivity contribution in [2.75, 3.05) is 11.4 Å². The van der Waals surface area contributed by atoms with Gasteiger partial charge in [0.15, 0.2) is 0 Å². The molecule has 0 heterocycles. The van der Waals surface area contributed by atoms with Gasteiger partial charge in [-0.2, -0.15) is 0 Å². The van der Waals surface area contributed by atoms with Crippen LogP contribution in [0.15, 0.2) is 83.9 Å². The summed E-state index contributed by atoms with van der Waals surface area (Å²) in [4.78, 5) is 6.98. The molecular formula is C25H28N2. The van der Waals surface area contributed by atoms with E-state index in [-0.39, 0.29) is 0 Å². The maximum atomic E-state index is 4.60. The van der Waals surface area contributed by atoms with Gasteiger partial charge in [-0.1, -0.05) is 68.4 Å². The van der Waals surface area contributed by atoms with Crippen molar-refractivity contribution in [2.45, 2.75) is 33.2 Å². The van der Waals surface area contributed by atoms with Crippen LogP contribution in [0.25, 0.3) is 0 Å². The van der Waals surface area contributed by atoms with Crippen molar-refractivity contribution < 1.29 is 0 Å². The van der Waals surface area contributed by atoms with E-state index in [4.69, 9.17) is 0 Å². The van der Waals surface area contributed by atoms with Crippen LogP contribution in [0.5, 0.6) is 0 Å². The fourth-order valence-corrected chi connectivity index (χ4v) is 3.06. The van der Waals surface area contributed by atoms with E-state index in [9.17, 15) is 0 Å². The highest BCUT2D eigenvalue weighted by atomic mass is 15.1. The maximum Gasteiger partial charge on any atom is 0.0630 e. The van der Waals surface area contributed by atoms with E-state index in [1.165, 1.54) is 16.8 Å². The Balaban J connectivity index is 1.67. The minimum Gasteiger partial charge on any atom is -0.367 e. The first-order valence-electron chi connectivity index (χ1n) is 9.68. The summed E-state index contributed by atoms with van der Waals surface area (Å²) in [5, 5.41) is 0. The summed E-state index contributed by atoms with van der Waals surface area (Å²) in [7, 11) is 0. The molecule has 0 aliphatic rings. The predicted molar refractivity (Wildman–Crippen MR) is 117 cm³/mol. The molecule has 0 bridgehead atoms. The van der Waals surface area contributed by atoms with Crippen molar-refractivity contribution >= 4 is 17.6 Å². The molecule has 0 spiro atoms. The van der Waals surface area contributed by atoms with Crippen LogP contribution in [0.2, 0.25) is 0 Å². The number of hydrogen-bond donors (Lipinski definition) is 0. The molecule has 0 N–H and O–H groups in total. The highest BCUT2D eigenvalue weighted by Crippen LogP contribution is 2.20. The lowest BCUT2D eigenvalue weighted by molar-refractivity contribution is 0.832. The molecule has 3 rings (SSSR count). The summed E-state index contributed by atoms with van der Waals surface area (Å²) in [6.45, 7) is 8.51. The van der Waals surface area contributed by atoms with E-state index in [1.807, 2.05) is 6.21 Å². The average molecular weight is 357 g/mol. The third kappa shape index (κ3) is 5.30. The van der Waals surface area contributed by atoms with Crippen molar-refractivity contribution in [2.24, 2.45) is 4.99 Å². The standard InChI is InChI=1S/C25H28N2/c1-4-27(19-22-8-6-5-7-9-22)25-16-10-21(11-17-25)18-26-24-14-12-23(13-15-24)20(2)3/h5-18,20H,4,19H2,1-3H3. The second-order valence-electron chi connectivity index (χ2n) is 7.10. The predicted octanol–water partition coefficient (Wildman–Crippen LogP) is 6.59. The Morgan fingerprint density at radius 1 is 0.852 bits per heavy atom. The molecule has 0 saturated heterocycles. The van der Waals surface area contributed by atoms with Gasteiger partial charge >= 0.3 is 0 Å². The smallest absolute Gasteiger partial charge is 0.0630 e. The van der Waals surface area contributed by atoms with Crippen molar-refractivity contribution in [1.82, 2.24) is 0 Å². The zero-order valence-corrected chi connectivity index (χ0v) is 16.5. The van der Waals surface area contributed by atoms with E-state index < -0.39 is 0 Å². The zero-order chi connectivity index (χ0) is 19.1. The topological polar surface area (TPSA) is 15.6 Å². The Morgan fingerprint density at radius 2 is 1.52 bits per heavy atom. The van der Waals surface area contributed by atoms with Gasteiger partial charge in [0.1, 0.15) is 0 Å². The molecule has 0 aromatic heterocycles. The number of anilines is 1.